The Morgan fingerprint density at radius 3 is 1.60 bits per heavy atom. The highest BCUT2D eigenvalue weighted by atomic mass is 16.3. The van der Waals surface area contributed by atoms with Gasteiger partial charge in [-0.2, -0.15) is 0 Å². The first-order valence-corrected chi connectivity index (χ1v) is 16.2. The first kappa shape index (κ1) is 26.7. The third-order valence-corrected chi connectivity index (χ3v) is 9.81. The van der Waals surface area contributed by atoms with Gasteiger partial charge in [-0.05, 0) is 68.4 Å². The number of para-hydroxylation sites is 3. The molecular formula is C45H27NO2. The van der Waals surface area contributed by atoms with E-state index in [-0.39, 0.29) is 5.56 Å². The maximum Gasteiger partial charge on any atom is 0.263 e. The molecule has 2 heterocycles. The van der Waals surface area contributed by atoms with Crippen molar-refractivity contribution in [1.29, 1.82) is 0 Å². The Hall–Kier alpha value is -6.45. The zero-order chi connectivity index (χ0) is 31.8. The molecule has 8 aromatic carbocycles. The van der Waals surface area contributed by atoms with Gasteiger partial charge in [-0.25, -0.2) is 0 Å². The molecule has 0 aliphatic rings. The molecule has 2 aromatic heterocycles. The smallest absolute Gasteiger partial charge is 0.263 e. The first-order chi connectivity index (χ1) is 23.8. The molecule has 3 heteroatoms. The van der Waals surface area contributed by atoms with Crippen molar-refractivity contribution in [2.45, 2.75) is 0 Å². The molecule has 10 aromatic rings. The lowest BCUT2D eigenvalue weighted by molar-refractivity contribution is 0.670. The molecule has 0 saturated carbocycles. The fourth-order valence-electron chi connectivity index (χ4n) is 7.74. The molecule has 0 radical (unpaired) electrons. The average Bonchev–Trinajstić information content (AvgIpc) is 3.54. The van der Waals surface area contributed by atoms with E-state index in [1.807, 2.05) is 59.2 Å². The van der Waals surface area contributed by atoms with E-state index in [1.54, 1.807) is 0 Å². The van der Waals surface area contributed by atoms with Crippen molar-refractivity contribution in [1.82, 2.24) is 4.57 Å². The van der Waals surface area contributed by atoms with Crippen LogP contribution in [-0.4, -0.2) is 4.57 Å². The van der Waals surface area contributed by atoms with Crippen LogP contribution in [0.4, 0.5) is 0 Å². The molecule has 0 bridgehead atoms. The summed E-state index contributed by atoms with van der Waals surface area (Å²) in [6, 6.07) is 56.5. The lowest BCUT2D eigenvalue weighted by atomic mass is 9.85. The molecule has 0 atom stereocenters. The number of nitrogens with zero attached hydrogens (tertiary/aromatic N) is 1. The molecule has 0 spiro atoms. The largest absolute Gasteiger partial charge is 0.455 e. The number of rotatable bonds is 3. The van der Waals surface area contributed by atoms with Gasteiger partial charge in [-0.15, -0.1) is 0 Å². The first-order valence-electron chi connectivity index (χ1n) is 16.2. The second-order valence-electron chi connectivity index (χ2n) is 12.4. The number of aromatic nitrogens is 1. The molecule has 0 N–H and O–H groups in total. The van der Waals surface area contributed by atoms with E-state index in [0.29, 0.717) is 5.39 Å². The minimum absolute atomic E-state index is 0.0166. The lowest BCUT2D eigenvalue weighted by Gasteiger charge is -2.18. The van der Waals surface area contributed by atoms with Crippen LogP contribution >= 0.6 is 0 Å². The fraction of sp³-hybridized carbons (Fsp3) is 0. The predicted molar refractivity (Wildman–Crippen MR) is 200 cm³/mol. The van der Waals surface area contributed by atoms with Crippen molar-refractivity contribution < 1.29 is 4.42 Å². The maximum atomic E-state index is 13.9. The van der Waals surface area contributed by atoms with E-state index in [1.165, 1.54) is 32.7 Å². The van der Waals surface area contributed by atoms with Crippen LogP contribution in [0.25, 0.3) is 93.1 Å². The van der Waals surface area contributed by atoms with Gasteiger partial charge in [-0.3, -0.25) is 9.36 Å². The number of hydrogen-bond donors (Lipinski definition) is 0. The molecule has 10 rings (SSSR count). The van der Waals surface area contributed by atoms with Crippen molar-refractivity contribution in [2.24, 2.45) is 0 Å². The molecule has 0 aliphatic carbocycles. The quantitative estimate of drug-likeness (QED) is 0.147. The van der Waals surface area contributed by atoms with E-state index in [4.69, 9.17) is 4.42 Å². The Bertz CT molecular complexity index is 2910. The Kier molecular flexibility index (Phi) is 5.73. The van der Waals surface area contributed by atoms with Crippen LogP contribution < -0.4 is 5.56 Å². The van der Waals surface area contributed by atoms with Crippen LogP contribution in [0.1, 0.15) is 0 Å². The van der Waals surface area contributed by atoms with Gasteiger partial charge in [0.05, 0.1) is 5.52 Å². The van der Waals surface area contributed by atoms with Crippen LogP contribution in [0.15, 0.2) is 173 Å². The topological polar surface area (TPSA) is 35.1 Å². The highest BCUT2D eigenvalue weighted by molar-refractivity contribution is 6.24. The summed E-state index contributed by atoms with van der Waals surface area (Å²) in [6.45, 7) is 0. The number of fused-ring (bicyclic) bond motifs is 8. The monoisotopic (exact) mass is 613 g/mol. The number of hydrogen-bond acceptors (Lipinski definition) is 2. The highest BCUT2D eigenvalue weighted by Crippen LogP contribution is 2.46. The van der Waals surface area contributed by atoms with Gasteiger partial charge < -0.3 is 4.42 Å². The average molecular weight is 614 g/mol. The molecule has 0 unspecified atom stereocenters. The lowest BCUT2D eigenvalue weighted by Crippen LogP contribution is -2.19. The molecule has 48 heavy (non-hydrogen) atoms. The van der Waals surface area contributed by atoms with Crippen molar-refractivity contribution in [3.05, 3.63) is 174 Å². The van der Waals surface area contributed by atoms with Gasteiger partial charge in [0, 0.05) is 38.4 Å². The third kappa shape index (κ3) is 3.79. The summed E-state index contributed by atoms with van der Waals surface area (Å²) in [6.07, 6.45) is 0. The summed E-state index contributed by atoms with van der Waals surface area (Å²) in [5.41, 5.74) is 8.03. The van der Waals surface area contributed by atoms with E-state index in [9.17, 15) is 4.79 Å². The third-order valence-electron chi connectivity index (χ3n) is 9.81. The molecule has 224 valence electrons. The van der Waals surface area contributed by atoms with Crippen LogP contribution in [0.2, 0.25) is 0 Å². The maximum absolute atomic E-state index is 13.9. The summed E-state index contributed by atoms with van der Waals surface area (Å²) in [4.78, 5) is 13.9. The second-order valence-corrected chi connectivity index (χ2v) is 12.4. The minimum atomic E-state index is -0.0166. The summed E-state index contributed by atoms with van der Waals surface area (Å²) in [5.74, 6) is 0. The molecule has 0 saturated heterocycles. The van der Waals surface area contributed by atoms with Crippen molar-refractivity contribution in [3.8, 4) is 27.9 Å². The van der Waals surface area contributed by atoms with Gasteiger partial charge in [0.25, 0.3) is 5.56 Å². The van der Waals surface area contributed by atoms with Gasteiger partial charge in [0.2, 0.25) is 0 Å². The van der Waals surface area contributed by atoms with Gasteiger partial charge >= 0.3 is 0 Å². The molecule has 0 aliphatic heterocycles. The van der Waals surface area contributed by atoms with E-state index < -0.39 is 0 Å². The van der Waals surface area contributed by atoms with Crippen molar-refractivity contribution in [2.75, 3.05) is 0 Å². The summed E-state index contributed by atoms with van der Waals surface area (Å²) in [5, 5.41) is 9.66. The van der Waals surface area contributed by atoms with Crippen molar-refractivity contribution in [3.63, 3.8) is 0 Å². The highest BCUT2D eigenvalue weighted by Gasteiger charge is 2.20. The van der Waals surface area contributed by atoms with E-state index >= 15 is 0 Å². The van der Waals surface area contributed by atoms with Gasteiger partial charge in [-0.1, -0.05) is 133 Å². The number of pyridine rings is 1. The Labute approximate surface area is 275 Å². The second kappa shape index (κ2) is 10.3. The van der Waals surface area contributed by atoms with Crippen LogP contribution in [0, 0.1) is 0 Å². The predicted octanol–water partition coefficient (Wildman–Crippen LogP) is 11.7. The van der Waals surface area contributed by atoms with E-state index in [0.717, 1.165) is 55.0 Å². The molecular weight excluding hydrogens is 587 g/mol. The minimum Gasteiger partial charge on any atom is -0.455 e. The molecule has 0 amide bonds. The van der Waals surface area contributed by atoms with Crippen LogP contribution in [0.3, 0.4) is 0 Å². The van der Waals surface area contributed by atoms with Crippen LogP contribution in [-0.2, 0) is 0 Å². The van der Waals surface area contributed by atoms with Gasteiger partial charge in [0.15, 0.2) is 0 Å². The van der Waals surface area contributed by atoms with Crippen LogP contribution in [0.5, 0.6) is 0 Å². The Balaban J connectivity index is 1.22. The molecule has 0 fully saturated rings. The number of benzene rings is 8. The summed E-state index contributed by atoms with van der Waals surface area (Å²) >= 11 is 0. The van der Waals surface area contributed by atoms with E-state index in [2.05, 4.69) is 109 Å². The SMILES string of the molecule is O=c1c2ccccc2c2ccccc2n1-c1ccc(-c2c3ccccc3c(-c3cccc4c3oc3ccccc34)c3ccccc23)cc1. The normalized spacial score (nSPS) is 11.8. The fourth-order valence-corrected chi connectivity index (χ4v) is 7.74. The zero-order valence-corrected chi connectivity index (χ0v) is 25.9. The van der Waals surface area contributed by atoms with Gasteiger partial charge in [0.1, 0.15) is 11.2 Å². The molecule has 3 nitrogen and oxygen atoms in total. The summed E-state index contributed by atoms with van der Waals surface area (Å²) in [7, 11) is 0. The zero-order valence-electron chi connectivity index (χ0n) is 25.9. The van der Waals surface area contributed by atoms with Crippen molar-refractivity contribution >= 4 is 65.2 Å². The Morgan fingerprint density at radius 2 is 0.917 bits per heavy atom. The Morgan fingerprint density at radius 1 is 0.396 bits per heavy atom. The number of furan rings is 1. The standard InChI is InChI=1S/C45H27NO2/c47-45-38-19-6-1-12-30(38)31-13-7-9-22-40(31)46(45)29-26-24-28(25-27-29)42-33-15-2-4-17-35(33)43(36-18-5-3-16-34(36)42)39-21-11-20-37-32-14-8-10-23-41(32)48-44(37)39/h1-27H. The summed E-state index contributed by atoms with van der Waals surface area (Å²) < 4.78 is 8.39.